The van der Waals surface area contributed by atoms with Gasteiger partial charge in [0.15, 0.2) is 11.5 Å². The van der Waals surface area contributed by atoms with Gasteiger partial charge in [0.1, 0.15) is 12.6 Å². The van der Waals surface area contributed by atoms with Gasteiger partial charge in [-0.25, -0.2) is 9.59 Å². The van der Waals surface area contributed by atoms with Crippen molar-refractivity contribution < 1.29 is 28.9 Å². The third-order valence-corrected chi connectivity index (χ3v) is 4.56. The van der Waals surface area contributed by atoms with Crippen molar-refractivity contribution in [3.05, 3.63) is 59.7 Å². The third-order valence-electron chi connectivity index (χ3n) is 4.56. The molecule has 0 radical (unpaired) electrons. The maximum Gasteiger partial charge on any atom is 0.410 e. The van der Waals surface area contributed by atoms with Crippen LogP contribution in [0.15, 0.2) is 48.5 Å². The van der Waals surface area contributed by atoms with Crippen molar-refractivity contribution in [3.8, 4) is 11.5 Å². The zero-order chi connectivity index (χ0) is 20.7. The highest BCUT2D eigenvalue weighted by atomic mass is 16.6. The molecule has 2 aromatic rings. The summed E-state index contributed by atoms with van der Waals surface area (Å²) in [5.41, 5.74) is 1.44. The number of rotatable bonds is 8. The minimum Gasteiger partial charge on any atom is -0.493 e. The summed E-state index contributed by atoms with van der Waals surface area (Å²) in [6.07, 6.45) is -0.718. The highest BCUT2D eigenvalue weighted by molar-refractivity contribution is 5.81. The molecule has 2 aromatic carbocycles. The molecule has 2 atom stereocenters. The monoisotopic (exact) mass is 387 g/mol. The second-order valence-electron chi connectivity index (χ2n) is 6.31. The van der Waals surface area contributed by atoms with Crippen molar-refractivity contribution in [2.45, 2.75) is 25.5 Å². The van der Waals surface area contributed by atoms with E-state index in [1.54, 1.807) is 25.1 Å². The highest BCUT2D eigenvalue weighted by Gasteiger charge is 2.35. The lowest BCUT2D eigenvalue weighted by atomic mass is 9.91. The fourth-order valence-corrected chi connectivity index (χ4v) is 3.09. The molecule has 1 N–H and O–H groups in total. The van der Waals surface area contributed by atoms with E-state index in [-0.39, 0.29) is 6.61 Å². The number of benzene rings is 2. The lowest BCUT2D eigenvalue weighted by molar-refractivity contribution is -0.143. The summed E-state index contributed by atoms with van der Waals surface area (Å²) >= 11 is 0. The number of amides is 1. The van der Waals surface area contributed by atoms with Gasteiger partial charge in [-0.15, -0.1) is 0 Å². The molecule has 0 aromatic heterocycles. The van der Waals surface area contributed by atoms with Crippen LogP contribution in [0.2, 0.25) is 0 Å². The molecule has 7 nitrogen and oxygen atoms in total. The maximum absolute atomic E-state index is 12.5. The van der Waals surface area contributed by atoms with E-state index < -0.39 is 24.0 Å². The van der Waals surface area contributed by atoms with E-state index in [9.17, 15) is 14.7 Å². The Hall–Kier alpha value is -3.22. The molecule has 0 aliphatic rings. The van der Waals surface area contributed by atoms with Gasteiger partial charge in [0, 0.05) is 18.5 Å². The van der Waals surface area contributed by atoms with E-state index in [1.807, 2.05) is 30.3 Å². The molecule has 0 saturated carbocycles. The zero-order valence-electron chi connectivity index (χ0n) is 16.4. The topological polar surface area (TPSA) is 85.3 Å². The molecule has 28 heavy (non-hydrogen) atoms. The Morgan fingerprint density at radius 3 is 2.29 bits per heavy atom. The van der Waals surface area contributed by atoms with Crippen LogP contribution in [-0.4, -0.2) is 49.4 Å². The Labute approximate surface area is 164 Å². The van der Waals surface area contributed by atoms with Gasteiger partial charge in [-0.2, -0.15) is 0 Å². The van der Waals surface area contributed by atoms with Crippen LogP contribution < -0.4 is 9.47 Å². The van der Waals surface area contributed by atoms with E-state index in [1.165, 1.54) is 21.3 Å². The number of aliphatic carboxylic acids is 1. The van der Waals surface area contributed by atoms with Crippen molar-refractivity contribution >= 4 is 12.1 Å². The summed E-state index contributed by atoms with van der Waals surface area (Å²) < 4.78 is 16.0. The fourth-order valence-electron chi connectivity index (χ4n) is 3.09. The standard InChI is InChI=1S/C21H25NO6/c1-14(16-11-8-12-17(26-3)19(16)27-4)18(20(23)24)22(2)21(25)28-13-15-9-6-5-7-10-15/h5-12,14,18H,13H2,1-4H3,(H,23,24). The van der Waals surface area contributed by atoms with Crippen molar-refractivity contribution in [2.24, 2.45) is 0 Å². The quantitative estimate of drug-likeness (QED) is 0.746. The van der Waals surface area contributed by atoms with Gasteiger partial charge in [0.25, 0.3) is 0 Å². The molecular weight excluding hydrogens is 362 g/mol. The van der Waals surface area contributed by atoms with Crippen LogP contribution >= 0.6 is 0 Å². The van der Waals surface area contributed by atoms with E-state index in [2.05, 4.69) is 0 Å². The van der Waals surface area contributed by atoms with E-state index in [0.717, 1.165) is 10.5 Å². The number of carbonyl (C=O) groups excluding carboxylic acids is 1. The third kappa shape index (κ3) is 4.73. The predicted molar refractivity (Wildman–Crippen MR) is 104 cm³/mol. The first-order chi connectivity index (χ1) is 13.4. The number of hydrogen-bond acceptors (Lipinski definition) is 5. The lowest BCUT2D eigenvalue weighted by Gasteiger charge is -2.30. The average molecular weight is 387 g/mol. The fraction of sp³-hybridized carbons (Fsp3) is 0.333. The Morgan fingerprint density at radius 1 is 1.04 bits per heavy atom. The van der Waals surface area contributed by atoms with E-state index in [4.69, 9.17) is 14.2 Å². The number of carbonyl (C=O) groups is 2. The average Bonchev–Trinajstić information content (AvgIpc) is 2.71. The van der Waals surface area contributed by atoms with Gasteiger partial charge in [0.2, 0.25) is 0 Å². The number of nitrogens with zero attached hydrogens (tertiary/aromatic N) is 1. The van der Waals surface area contributed by atoms with Gasteiger partial charge < -0.3 is 19.3 Å². The summed E-state index contributed by atoms with van der Waals surface area (Å²) in [7, 11) is 4.41. The molecule has 0 saturated heterocycles. The van der Waals surface area contributed by atoms with Crippen LogP contribution in [0.3, 0.4) is 0 Å². The second-order valence-corrected chi connectivity index (χ2v) is 6.31. The molecule has 0 heterocycles. The Bertz CT molecular complexity index is 808. The normalized spacial score (nSPS) is 12.6. The Balaban J connectivity index is 2.22. The molecule has 0 fully saturated rings. The minimum atomic E-state index is -1.15. The van der Waals surface area contributed by atoms with Crippen LogP contribution in [0, 0.1) is 0 Å². The maximum atomic E-state index is 12.5. The van der Waals surface area contributed by atoms with E-state index >= 15 is 0 Å². The van der Waals surface area contributed by atoms with Crippen molar-refractivity contribution in [1.29, 1.82) is 0 Å². The molecule has 0 aliphatic heterocycles. The van der Waals surface area contributed by atoms with Crippen LogP contribution in [0.25, 0.3) is 0 Å². The number of hydrogen-bond donors (Lipinski definition) is 1. The van der Waals surface area contributed by atoms with Crippen molar-refractivity contribution in [1.82, 2.24) is 4.90 Å². The van der Waals surface area contributed by atoms with Gasteiger partial charge in [-0.1, -0.05) is 49.4 Å². The number of methoxy groups -OCH3 is 2. The summed E-state index contributed by atoms with van der Waals surface area (Å²) in [6, 6.07) is 13.3. The first-order valence-electron chi connectivity index (χ1n) is 8.77. The molecule has 7 heteroatoms. The lowest BCUT2D eigenvalue weighted by Crippen LogP contribution is -2.45. The molecule has 0 spiro atoms. The van der Waals surface area contributed by atoms with Crippen molar-refractivity contribution in [3.63, 3.8) is 0 Å². The molecule has 2 unspecified atom stereocenters. The summed E-state index contributed by atoms with van der Waals surface area (Å²) in [4.78, 5) is 25.5. The molecule has 150 valence electrons. The number of para-hydroxylation sites is 1. The van der Waals surface area contributed by atoms with Gasteiger partial charge >= 0.3 is 12.1 Å². The largest absolute Gasteiger partial charge is 0.493 e. The first kappa shape index (κ1) is 21.1. The van der Waals surface area contributed by atoms with E-state index in [0.29, 0.717) is 17.1 Å². The number of carboxylic acid groups (broad SMARTS) is 1. The Kier molecular flexibility index (Phi) is 7.26. The number of likely N-dealkylation sites (N-methyl/N-ethyl adjacent to an activating group) is 1. The summed E-state index contributed by atoms with van der Waals surface area (Å²) in [6.45, 7) is 1.78. The minimum absolute atomic E-state index is 0.0627. The van der Waals surface area contributed by atoms with Crippen LogP contribution in [0.4, 0.5) is 4.79 Å². The molecule has 0 bridgehead atoms. The molecule has 0 aliphatic carbocycles. The van der Waals surface area contributed by atoms with Gasteiger partial charge in [-0.3, -0.25) is 4.90 Å². The second kappa shape index (κ2) is 9.64. The molecule has 1 amide bonds. The van der Waals surface area contributed by atoms with Crippen LogP contribution in [-0.2, 0) is 16.1 Å². The van der Waals surface area contributed by atoms with Gasteiger partial charge in [0.05, 0.1) is 14.2 Å². The molecular formula is C21H25NO6. The SMILES string of the molecule is COc1cccc(C(C)C(C(=O)O)N(C)C(=O)OCc2ccccc2)c1OC. The smallest absolute Gasteiger partial charge is 0.410 e. The zero-order valence-corrected chi connectivity index (χ0v) is 16.4. The van der Waals surface area contributed by atoms with Crippen LogP contribution in [0.5, 0.6) is 11.5 Å². The Morgan fingerprint density at radius 2 is 1.71 bits per heavy atom. The van der Waals surface area contributed by atoms with Gasteiger partial charge in [-0.05, 0) is 11.6 Å². The summed E-state index contributed by atoms with van der Waals surface area (Å²) in [5, 5.41) is 9.78. The molecule has 2 rings (SSSR count). The number of carboxylic acids is 1. The van der Waals surface area contributed by atoms with Crippen molar-refractivity contribution in [2.75, 3.05) is 21.3 Å². The first-order valence-corrected chi connectivity index (χ1v) is 8.77. The summed E-state index contributed by atoms with van der Waals surface area (Å²) in [5.74, 6) is -0.784. The number of ether oxygens (including phenoxy) is 3. The highest BCUT2D eigenvalue weighted by Crippen LogP contribution is 2.37. The predicted octanol–water partition coefficient (Wildman–Crippen LogP) is 3.53. The van der Waals surface area contributed by atoms with Crippen LogP contribution in [0.1, 0.15) is 24.0 Å².